The molecule has 1 aromatic heterocycles. The summed E-state index contributed by atoms with van der Waals surface area (Å²) in [6.07, 6.45) is 5.24. The Bertz CT molecular complexity index is 779. The molecule has 1 N–H and O–H groups in total. The molecule has 1 aromatic carbocycles. The van der Waals surface area contributed by atoms with Crippen molar-refractivity contribution in [2.75, 3.05) is 6.54 Å². The molecule has 0 bridgehead atoms. The zero-order valence-corrected chi connectivity index (χ0v) is 14.6. The fourth-order valence-corrected chi connectivity index (χ4v) is 3.19. The highest BCUT2D eigenvalue weighted by Gasteiger charge is 2.30. The molecule has 2 aromatic rings. The van der Waals surface area contributed by atoms with Gasteiger partial charge in [-0.25, -0.2) is 0 Å². The van der Waals surface area contributed by atoms with Gasteiger partial charge >= 0.3 is 0 Å². The first-order valence-corrected chi connectivity index (χ1v) is 8.55. The minimum atomic E-state index is -0.558. The van der Waals surface area contributed by atoms with Gasteiger partial charge in [0.2, 0.25) is 11.8 Å². The molecule has 2 amide bonds. The molecular formula is C20H23N3O2. The van der Waals surface area contributed by atoms with Crippen molar-refractivity contribution in [3.8, 4) is 0 Å². The Morgan fingerprint density at radius 2 is 1.92 bits per heavy atom. The van der Waals surface area contributed by atoms with Crippen molar-refractivity contribution < 1.29 is 9.59 Å². The van der Waals surface area contributed by atoms with Crippen LogP contribution in [-0.2, 0) is 16.1 Å². The first-order chi connectivity index (χ1) is 12.1. The van der Waals surface area contributed by atoms with Gasteiger partial charge in [-0.15, -0.1) is 0 Å². The molecule has 0 saturated carbocycles. The Morgan fingerprint density at radius 1 is 1.16 bits per heavy atom. The highest BCUT2D eigenvalue weighted by molar-refractivity contribution is 5.95. The maximum absolute atomic E-state index is 12.7. The van der Waals surface area contributed by atoms with Crippen molar-refractivity contribution >= 4 is 17.9 Å². The first-order valence-electron chi connectivity index (χ1n) is 8.55. The molecular weight excluding hydrogens is 314 g/mol. The summed E-state index contributed by atoms with van der Waals surface area (Å²) in [6, 6.07) is 13.1. The van der Waals surface area contributed by atoms with Crippen LogP contribution in [0.15, 0.2) is 54.7 Å². The Kier molecular flexibility index (Phi) is 5.03. The maximum Gasteiger partial charge on any atom is 0.245 e. The van der Waals surface area contributed by atoms with E-state index in [4.69, 9.17) is 0 Å². The Morgan fingerprint density at radius 3 is 2.68 bits per heavy atom. The van der Waals surface area contributed by atoms with Gasteiger partial charge in [0, 0.05) is 31.1 Å². The monoisotopic (exact) mass is 337 g/mol. The second-order valence-electron chi connectivity index (χ2n) is 6.31. The van der Waals surface area contributed by atoms with E-state index in [-0.39, 0.29) is 17.9 Å². The SMILES string of the molecule is C[C@H](NC(=O)/C=C/c1ccccc1)C(=O)N1CCn2cccc2[C@@H]1C. The van der Waals surface area contributed by atoms with Gasteiger partial charge in [-0.3, -0.25) is 9.59 Å². The van der Waals surface area contributed by atoms with Crippen LogP contribution in [0.4, 0.5) is 0 Å². The van der Waals surface area contributed by atoms with E-state index < -0.39 is 6.04 Å². The summed E-state index contributed by atoms with van der Waals surface area (Å²) in [4.78, 5) is 26.6. The van der Waals surface area contributed by atoms with Crippen LogP contribution in [0.2, 0.25) is 0 Å². The maximum atomic E-state index is 12.7. The molecule has 2 heterocycles. The van der Waals surface area contributed by atoms with Crippen LogP contribution in [0, 0.1) is 0 Å². The summed E-state index contributed by atoms with van der Waals surface area (Å²) >= 11 is 0. The number of aromatic nitrogens is 1. The van der Waals surface area contributed by atoms with Crippen LogP contribution < -0.4 is 5.32 Å². The van der Waals surface area contributed by atoms with Crippen LogP contribution in [0.3, 0.4) is 0 Å². The van der Waals surface area contributed by atoms with Crippen LogP contribution >= 0.6 is 0 Å². The van der Waals surface area contributed by atoms with E-state index in [2.05, 4.69) is 9.88 Å². The average Bonchev–Trinajstić information content (AvgIpc) is 3.10. The van der Waals surface area contributed by atoms with Gasteiger partial charge in [0.25, 0.3) is 0 Å². The van der Waals surface area contributed by atoms with E-state index in [1.165, 1.54) is 6.08 Å². The number of hydrogen-bond donors (Lipinski definition) is 1. The number of benzene rings is 1. The summed E-state index contributed by atoms with van der Waals surface area (Å²) in [6.45, 7) is 5.19. The standard InChI is InChI=1S/C20H23N3O2/c1-15(21-19(24)11-10-17-7-4-3-5-8-17)20(25)23-14-13-22-12-6-9-18(22)16(23)2/h3-12,15-16H,13-14H2,1-2H3,(H,21,24)/b11-10+/t15-,16-/m0/s1. The summed E-state index contributed by atoms with van der Waals surface area (Å²) in [5.41, 5.74) is 2.07. The molecule has 2 atom stereocenters. The van der Waals surface area contributed by atoms with Crippen molar-refractivity contribution in [1.29, 1.82) is 0 Å². The van der Waals surface area contributed by atoms with E-state index in [1.54, 1.807) is 13.0 Å². The van der Waals surface area contributed by atoms with Crippen LogP contribution in [0.25, 0.3) is 6.08 Å². The number of amides is 2. The molecule has 0 fully saturated rings. The van der Waals surface area contributed by atoms with Gasteiger partial charge in [0.1, 0.15) is 6.04 Å². The fourth-order valence-electron chi connectivity index (χ4n) is 3.19. The molecule has 25 heavy (non-hydrogen) atoms. The molecule has 0 saturated heterocycles. The lowest BCUT2D eigenvalue weighted by Gasteiger charge is -2.36. The average molecular weight is 337 g/mol. The van der Waals surface area contributed by atoms with Crippen molar-refractivity contribution in [2.45, 2.75) is 32.5 Å². The molecule has 1 aliphatic heterocycles. The summed E-state index contributed by atoms with van der Waals surface area (Å²) in [7, 11) is 0. The predicted molar refractivity (Wildman–Crippen MR) is 97.6 cm³/mol. The molecule has 0 spiro atoms. The third kappa shape index (κ3) is 3.82. The van der Waals surface area contributed by atoms with Crippen molar-refractivity contribution in [2.24, 2.45) is 0 Å². The number of carbonyl (C=O) groups excluding carboxylic acids is 2. The highest BCUT2D eigenvalue weighted by Crippen LogP contribution is 2.25. The Labute approximate surface area is 147 Å². The fraction of sp³-hybridized carbons (Fsp3) is 0.300. The van der Waals surface area contributed by atoms with E-state index in [9.17, 15) is 9.59 Å². The predicted octanol–water partition coefficient (Wildman–Crippen LogP) is 2.61. The smallest absolute Gasteiger partial charge is 0.245 e. The second-order valence-corrected chi connectivity index (χ2v) is 6.31. The van der Waals surface area contributed by atoms with E-state index in [0.29, 0.717) is 6.54 Å². The highest BCUT2D eigenvalue weighted by atomic mass is 16.2. The lowest BCUT2D eigenvalue weighted by Crippen LogP contribution is -2.50. The number of nitrogens with zero attached hydrogens (tertiary/aromatic N) is 2. The third-order valence-electron chi connectivity index (χ3n) is 4.58. The van der Waals surface area contributed by atoms with Gasteiger partial charge in [-0.2, -0.15) is 0 Å². The Hall–Kier alpha value is -2.82. The topological polar surface area (TPSA) is 54.3 Å². The number of hydrogen-bond acceptors (Lipinski definition) is 2. The minimum Gasteiger partial charge on any atom is -0.348 e. The third-order valence-corrected chi connectivity index (χ3v) is 4.58. The molecule has 0 aliphatic carbocycles. The first kappa shape index (κ1) is 17.0. The molecule has 0 unspecified atom stereocenters. The van der Waals surface area contributed by atoms with Gasteiger partial charge in [0.15, 0.2) is 0 Å². The van der Waals surface area contributed by atoms with Crippen molar-refractivity contribution in [3.63, 3.8) is 0 Å². The Balaban J connectivity index is 1.59. The zero-order chi connectivity index (χ0) is 17.8. The van der Waals surface area contributed by atoms with E-state index in [1.807, 2.05) is 60.5 Å². The lowest BCUT2D eigenvalue weighted by atomic mass is 10.1. The molecule has 0 radical (unpaired) electrons. The van der Waals surface area contributed by atoms with Gasteiger partial charge in [0.05, 0.1) is 6.04 Å². The number of rotatable bonds is 4. The van der Waals surface area contributed by atoms with E-state index in [0.717, 1.165) is 17.8 Å². The van der Waals surface area contributed by atoms with Crippen molar-refractivity contribution in [3.05, 3.63) is 66.0 Å². The zero-order valence-electron chi connectivity index (χ0n) is 14.6. The summed E-state index contributed by atoms with van der Waals surface area (Å²) in [5, 5.41) is 2.76. The van der Waals surface area contributed by atoms with Gasteiger partial charge in [-0.1, -0.05) is 30.3 Å². The van der Waals surface area contributed by atoms with Crippen LogP contribution in [0.1, 0.15) is 31.1 Å². The molecule has 130 valence electrons. The second kappa shape index (κ2) is 7.38. The molecule has 5 heteroatoms. The summed E-state index contributed by atoms with van der Waals surface area (Å²) in [5.74, 6) is -0.320. The van der Waals surface area contributed by atoms with Crippen molar-refractivity contribution in [1.82, 2.24) is 14.8 Å². The van der Waals surface area contributed by atoms with Crippen LogP contribution in [0.5, 0.6) is 0 Å². The number of nitrogens with one attached hydrogen (secondary N) is 1. The normalized spacial score (nSPS) is 18.0. The lowest BCUT2D eigenvalue weighted by molar-refractivity contribution is -0.138. The number of carbonyl (C=O) groups is 2. The van der Waals surface area contributed by atoms with E-state index >= 15 is 0 Å². The van der Waals surface area contributed by atoms with Gasteiger partial charge in [-0.05, 0) is 37.6 Å². The molecule has 5 nitrogen and oxygen atoms in total. The quantitative estimate of drug-likeness (QED) is 0.872. The molecule has 3 rings (SSSR count). The number of fused-ring (bicyclic) bond motifs is 1. The van der Waals surface area contributed by atoms with Gasteiger partial charge < -0.3 is 14.8 Å². The van der Waals surface area contributed by atoms with Crippen LogP contribution in [-0.4, -0.2) is 33.9 Å². The largest absolute Gasteiger partial charge is 0.348 e. The molecule has 1 aliphatic rings. The minimum absolute atomic E-state index is 0.00969. The summed E-state index contributed by atoms with van der Waals surface area (Å²) < 4.78 is 2.17.